The number of hydrogen-bond donors (Lipinski definition) is 3. The van der Waals surface area contributed by atoms with Gasteiger partial charge in [-0.15, -0.1) is 0 Å². The maximum absolute atomic E-state index is 14.7. The quantitative estimate of drug-likeness (QED) is 0.211. The molecule has 1 aliphatic rings. The average Bonchev–Trinajstić information content (AvgIpc) is 3.75. The molecule has 2 aromatic carbocycles. The molecule has 1 heterocycles. The molecule has 0 spiro atoms. The Morgan fingerprint density at radius 2 is 1.79 bits per heavy atom. The molecule has 1 fully saturated rings. The lowest BCUT2D eigenvalue weighted by molar-refractivity contribution is -0.265. The molecule has 1 aliphatic carbocycles. The molecule has 232 valence electrons. The van der Waals surface area contributed by atoms with Crippen molar-refractivity contribution in [1.29, 1.82) is 0 Å². The number of halogens is 5. The maximum Gasteiger partial charge on any atom is 0.424 e. The number of hydrogen-bond acceptors (Lipinski definition) is 6. The van der Waals surface area contributed by atoms with Crippen LogP contribution in [-0.4, -0.2) is 48.0 Å². The molecular weight excluding hydrogens is 590 g/mol. The van der Waals surface area contributed by atoms with Crippen molar-refractivity contribution in [2.24, 2.45) is 0 Å². The van der Waals surface area contributed by atoms with Crippen LogP contribution in [0.25, 0.3) is 11.3 Å². The topological polar surface area (TPSA) is 92.7 Å². The lowest BCUT2D eigenvalue weighted by atomic mass is 9.88. The molecule has 1 unspecified atom stereocenters. The Balaban J connectivity index is 1.73. The van der Waals surface area contributed by atoms with Crippen molar-refractivity contribution >= 4 is 17.5 Å². The van der Waals surface area contributed by atoms with E-state index in [9.17, 15) is 27.5 Å². The highest BCUT2D eigenvalue weighted by atomic mass is 35.5. The first kappa shape index (κ1) is 32.5. The van der Waals surface area contributed by atoms with E-state index in [-0.39, 0.29) is 39.7 Å². The number of rotatable bonds is 11. The van der Waals surface area contributed by atoms with Crippen LogP contribution in [0.3, 0.4) is 0 Å². The normalized spacial score (nSPS) is 15.3. The summed E-state index contributed by atoms with van der Waals surface area (Å²) in [6, 6.07) is 10.6. The van der Waals surface area contributed by atoms with E-state index in [1.54, 1.807) is 19.9 Å². The van der Waals surface area contributed by atoms with Gasteiger partial charge in [0.15, 0.2) is 11.5 Å². The fourth-order valence-electron chi connectivity index (χ4n) is 4.63. The van der Waals surface area contributed by atoms with Gasteiger partial charge in [-0.3, -0.25) is 4.79 Å². The van der Waals surface area contributed by atoms with Gasteiger partial charge in [-0.1, -0.05) is 25.4 Å². The van der Waals surface area contributed by atoms with Crippen LogP contribution in [0.4, 0.5) is 17.6 Å². The van der Waals surface area contributed by atoms with Gasteiger partial charge in [0.1, 0.15) is 5.82 Å². The van der Waals surface area contributed by atoms with Gasteiger partial charge < -0.3 is 25.2 Å². The minimum absolute atomic E-state index is 0.00939. The SMILES string of the molecule is COc1cc(C(=O)NCC(O)(c2cc(C(C)(C)NC(C)C)cc(-c3ccc(F)c(Cl)c3)n2)C(F)(F)F)ccc1OC1CC1. The first-order valence-corrected chi connectivity index (χ1v) is 14.1. The molecule has 4 rings (SSSR count). The molecule has 1 atom stereocenters. The van der Waals surface area contributed by atoms with Crippen LogP contribution in [-0.2, 0) is 11.1 Å². The van der Waals surface area contributed by atoms with Crippen LogP contribution < -0.4 is 20.1 Å². The van der Waals surface area contributed by atoms with Gasteiger partial charge in [0.25, 0.3) is 5.91 Å². The summed E-state index contributed by atoms with van der Waals surface area (Å²) in [4.78, 5) is 17.2. The number of pyridine rings is 1. The molecule has 1 aromatic heterocycles. The molecule has 12 heteroatoms. The predicted molar refractivity (Wildman–Crippen MR) is 155 cm³/mol. The summed E-state index contributed by atoms with van der Waals surface area (Å²) in [5.74, 6) is -0.910. The van der Waals surface area contributed by atoms with Crippen LogP contribution in [0.2, 0.25) is 5.02 Å². The van der Waals surface area contributed by atoms with Crippen molar-refractivity contribution in [3.05, 3.63) is 76.2 Å². The van der Waals surface area contributed by atoms with E-state index in [1.165, 1.54) is 37.4 Å². The second-order valence-corrected chi connectivity index (χ2v) is 11.8. The fourth-order valence-corrected chi connectivity index (χ4v) is 4.81. The van der Waals surface area contributed by atoms with Gasteiger partial charge in [0.2, 0.25) is 5.60 Å². The van der Waals surface area contributed by atoms with Gasteiger partial charge in [0, 0.05) is 22.7 Å². The molecule has 1 amide bonds. The predicted octanol–water partition coefficient (Wildman–Crippen LogP) is 6.50. The Hall–Kier alpha value is -3.41. The molecule has 0 saturated heterocycles. The fraction of sp³-hybridized carbons (Fsp3) is 0.419. The zero-order valence-electron chi connectivity index (χ0n) is 24.4. The summed E-state index contributed by atoms with van der Waals surface area (Å²) < 4.78 is 68.9. The number of carbonyl (C=O) groups is 1. The summed E-state index contributed by atoms with van der Waals surface area (Å²) in [5.41, 5.74) is -4.58. The molecule has 43 heavy (non-hydrogen) atoms. The van der Waals surface area contributed by atoms with Gasteiger partial charge in [0.05, 0.1) is 36.2 Å². The number of carbonyl (C=O) groups excluding carboxylic acids is 1. The van der Waals surface area contributed by atoms with Gasteiger partial charge in [-0.05, 0) is 80.8 Å². The van der Waals surface area contributed by atoms with E-state index in [1.807, 2.05) is 13.8 Å². The van der Waals surface area contributed by atoms with Gasteiger partial charge >= 0.3 is 6.18 Å². The lowest BCUT2D eigenvalue weighted by Gasteiger charge is -2.34. The number of amides is 1. The zero-order chi connectivity index (χ0) is 31.7. The third-order valence-corrected chi connectivity index (χ3v) is 7.34. The number of benzene rings is 2. The highest BCUT2D eigenvalue weighted by Crippen LogP contribution is 2.41. The Morgan fingerprint density at radius 3 is 2.37 bits per heavy atom. The number of aromatic nitrogens is 1. The summed E-state index contributed by atoms with van der Waals surface area (Å²) in [6.45, 7) is 6.06. The zero-order valence-corrected chi connectivity index (χ0v) is 25.2. The van der Waals surface area contributed by atoms with Crippen molar-refractivity contribution in [2.45, 2.75) is 70.0 Å². The minimum atomic E-state index is -5.25. The van der Waals surface area contributed by atoms with E-state index in [4.69, 9.17) is 21.1 Å². The number of ether oxygens (including phenoxy) is 2. The minimum Gasteiger partial charge on any atom is -0.493 e. The highest BCUT2D eigenvalue weighted by molar-refractivity contribution is 6.31. The molecule has 0 bridgehead atoms. The van der Waals surface area contributed by atoms with Crippen molar-refractivity contribution in [3.8, 4) is 22.8 Å². The standard InChI is InChI=1S/C31H34ClF4N3O4/c1-17(2)39-29(3,4)20-14-24(18-6-10-23(33)22(32)12-18)38-27(15-20)30(41,31(34,35)36)16-37-28(40)19-7-11-25(26(13-19)42-5)43-21-8-9-21/h6-7,10-15,17,21,39,41H,8-9,16H2,1-5H3,(H,37,40). The van der Waals surface area contributed by atoms with E-state index in [2.05, 4.69) is 15.6 Å². The van der Waals surface area contributed by atoms with Crippen molar-refractivity contribution in [1.82, 2.24) is 15.6 Å². The Labute approximate surface area is 252 Å². The van der Waals surface area contributed by atoms with Crippen molar-refractivity contribution < 1.29 is 36.9 Å². The summed E-state index contributed by atoms with van der Waals surface area (Å²) in [6.07, 6.45) is -3.39. The van der Waals surface area contributed by atoms with Crippen LogP contribution in [0.15, 0.2) is 48.5 Å². The first-order chi connectivity index (χ1) is 20.0. The monoisotopic (exact) mass is 623 g/mol. The molecule has 0 aliphatic heterocycles. The first-order valence-electron chi connectivity index (χ1n) is 13.7. The van der Waals surface area contributed by atoms with E-state index in [0.717, 1.165) is 25.0 Å². The molecule has 0 radical (unpaired) electrons. The maximum atomic E-state index is 14.7. The second kappa shape index (κ2) is 12.3. The Morgan fingerprint density at radius 1 is 1.09 bits per heavy atom. The third kappa shape index (κ3) is 7.39. The largest absolute Gasteiger partial charge is 0.493 e. The number of nitrogens with one attached hydrogen (secondary N) is 2. The molecule has 3 N–H and O–H groups in total. The van der Waals surface area contributed by atoms with Crippen molar-refractivity contribution in [3.63, 3.8) is 0 Å². The third-order valence-electron chi connectivity index (χ3n) is 7.05. The molecule has 1 saturated carbocycles. The number of nitrogens with zero attached hydrogens (tertiary/aromatic N) is 1. The Bertz CT molecular complexity index is 1490. The van der Waals surface area contributed by atoms with E-state index in [0.29, 0.717) is 11.3 Å². The lowest BCUT2D eigenvalue weighted by Crippen LogP contribution is -2.52. The van der Waals surface area contributed by atoms with E-state index < -0.39 is 41.3 Å². The van der Waals surface area contributed by atoms with Crippen LogP contribution in [0.5, 0.6) is 11.5 Å². The average molecular weight is 624 g/mol. The number of alkyl halides is 3. The van der Waals surface area contributed by atoms with Crippen LogP contribution >= 0.6 is 11.6 Å². The summed E-state index contributed by atoms with van der Waals surface area (Å²) in [5, 5.41) is 16.5. The smallest absolute Gasteiger partial charge is 0.424 e. The number of aliphatic hydroxyl groups is 1. The molecule has 7 nitrogen and oxygen atoms in total. The summed E-state index contributed by atoms with van der Waals surface area (Å²) in [7, 11) is 1.39. The summed E-state index contributed by atoms with van der Waals surface area (Å²) >= 11 is 5.96. The van der Waals surface area contributed by atoms with Crippen molar-refractivity contribution in [2.75, 3.05) is 13.7 Å². The number of methoxy groups -OCH3 is 1. The van der Waals surface area contributed by atoms with Gasteiger partial charge in [-0.25, -0.2) is 9.37 Å². The van der Waals surface area contributed by atoms with E-state index >= 15 is 0 Å². The molecule has 3 aromatic rings. The Kier molecular flexibility index (Phi) is 9.30. The van der Waals surface area contributed by atoms with Gasteiger partial charge in [-0.2, -0.15) is 13.2 Å². The van der Waals surface area contributed by atoms with Crippen LogP contribution in [0, 0.1) is 5.82 Å². The second-order valence-electron chi connectivity index (χ2n) is 11.4. The molecular formula is C31H34ClF4N3O4. The van der Waals surface area contributed by atoms with Crippen LogP contribution in [0.1, 0.15) is 62.2 Å². The highest BCUT2D eigenvalue weighted by Gasteiger charge is 2.56.